The predicted molar refractivity (Wildman–Crippen MR) is 93.0 cm³/mol. The van der Waals surface area contributed by atoms with Gasteiger partial charge in [-0.15, -0.1) is 0 Å². The third kappa shape index (κ3) is 17.5. The summed E-state index contributed by atoms with van der Waals surface area (Å²) in [4.78, 5) is 18.5. The molecule has 0 bridgehead atoms. The fraction of sp³-hybridized carbons (Fsp3) is 0.444. The second-order valence-corrected chi connectivity index (χ2v) is 5.26. The number of imidazole rings is 2. The van der Waals surface area contributed by atoms with Gasteiger partial charge in [-0.25, -0.2) is 18.3 Å². The minimum absolute atomic E-state index is 0.111. The van der Waals surface area contributed by atoms with Crippen LogP contribution in [0.15, 0.2) is 50.1 Å². The summed E-state index contributed by atoms with van der Waals surface area (Å²) in [6.07, 6.45) is 14.1. The van der Waals surface area contributed by atoms with E-state index in [4.69, 9.17) is 0 Å². The quantitative estimate of drug-likeness (QED) is 0.493. The van der Waals surface area contributed by atoms with Crippen molar-refractivity contribution >= 4 is 11.9 Å². The number of aryl methyl sites for hydroxylation is 3. The Balaban J connectivity index is 0. The molecule has 0 saturated carbocycles. The summed E-state index contributed by atoms with van der Waals surface area (Å²) in [7, 11) is 6.00. The van der Waals surface area contributed by atoms with E-state index >= 15 is 0 Å². The molecule has 0 aromatic carbocycles. The molecule has 0 amide bonds. The summed E-state index contributed by atoms with van der Waals surface area (Å²) < 4.78 is 8.07. The number of carboxylic acid groups (broad SMARTS) is 2. The number of hydrogen-bond acceptors (Lipinski definition) is 4. The molecule has 0 aliphatic rings. The third-order valence-electron chi connectivity index (χ3n) is 2.64. The number of aromatic nitrogens is 4. The SMILES string of the molecule is C=CCn1cc[n+](C)c1.CCC(=O)[O-].CCC(=O)[O-].Cn1cc[n+](C)c1. The van der Waals surface area contributed by atoms with E-state index in [-0.39, 0.29) is 12.8 Å². The van der Waals surface area contributed by atoms with Crippen molar-refractivity contribution in [2.24, 2.45) is 21.1 Å². The Morgan fingerprint density at radius 1 is 1.00 bits per heavy atom. The first-order valence-electron chi connectivity index (χ1n) is 8.14. The van der Waals surface area contributed by atoms with Crippen LogP contribution in [-0.4, -0.2) is 21.1 Å². The fourth-order valence-electron chi connectivity index (χ4n) is 1.33. The van der Waals surface area contributed by atoms with E-state index in [0.29, 0.717) is 0 Å². The number of carbonyl (C=O) groups excluding carboxylic acids is 2. The smallest absolute Gasteiger partial charge is 0.243 e. The van der Waals surface area contributed by atoms with E-state index in [1.807, 2.05) is 78.4 Å². The van der Waals surface area contributed by atoms with Gasteiger partial charge in [0.2, 0.25) is 12.7 Å². The number of hydrogen-bond donors (Lipinski definition) is 0. The van der Waals surface area contributed by atoms with E-state index < -0.39 is 11.9 Å². The molecule has 0 radical (unpaired) electrons. The number of allylic oxidation sites excluding steroid dienone is 1. The van der Waals surface area contributed by atoms with Crippen molar-refractivity contribution in [2.45, 2.75) is 33.2 Å². The number of aliphatic carboxylic acids is 2. The molecule has 8 nitrogen and oxygen atoms in total. The standard InChI is InChI=1S/C7H11N2.C5H9N2.2C3H6O2/c1-3-4-9-6-5-8(2)7-9;1-6-3-4-7(2)5-6;2*1-2-3(4)5/h3,5-7H,1,4H2,2H3;3-5H,1-2H3;2*2H2,1H3,(H,4,5)/q2*+1;;/p-2. The van der Waals surface area contributed by atoms with E-state index in [0.717, 1.165) is 6.54 Å². The Morgan fingerprint density at radius 3 is 1.62 bits per heavy atom. The average Bonchev–Trinajstić information content (AvgIpc) is 3.17. The summed E-state index contributed by atoms with van der Waals surface area (Å²) in [6, 6.07) is 0. The molecule has 2 aromatic heterocycles. The van der Waals surface area contributed by atoms with Crippen molar-refractivity contribution in [1.82, 2.24) is 9.13 Å². The maximum atomic E-state index is 9.26. The number of nitrogens with zero attached hydrogens (tertiary/aromatic N) is 4. The Hall–Kier alpha value is -2.90. The first kappa shape index (κ1) is 25.3. The zero-order valence-corrected chi connectivity index (χ0v) is 16.3. The van der Waals surface area contributed by atoms with Crippen molar-refractivity contribution < 1.29 is 28.9 Å². The summed E-state index contributed by atoms with van der Waals surface area (Å²) >= 11 is 0. The lowest BCUT2D eigenvalue weighted by Gasteiger charge is -1.87. The Kier molecular flexibility index (Phi) is 15.2. The van der Waals surface area contributed by atoms with Crippen LogP contribution in [0.4, 0.5) is 0 Å². The highest BCUT2D eigenvalue weighted by atomic mass is 16.4. The van der Waals surface area contributed by atoms with Gasteiger partial charge in [0.05, 0.1) is 21.1 Å². The Morgan fingerprint density at radius 2 is 1.42 bits per heavy atom. The average molecular weight is 366 g/mol. The first-order valence-corrected chi connectivity index (χ1v) is 8.14. The van der Waals surface area contributed by atoms with E-state index in [9.17, 15) is 19.8 Å². The van der Waals surface area contributed by atoms with Crippen molar-refractivity contribution in [3.8, 4) is 0 Å². The minimum Gasteiger partial charge on any atom is -0.550 e. The summed E-state index contributed by atoms with van der Waals surface area (Å²) in [5.74, 6) is -1.99. The van der Waals surface area contributed by atoms with Crippen LogP contribution >= 0.6 is 0 Å². The van der Waals surface area contributed by atoms with Crippen LogP contribution in [0.2, 0.25) is 0 Å². The van der Waals surface area contributed by atoms with E-state index in [2.05, 4.69) is 11.1 Å². The number of carboxylic acids is 2. The molecular formula is C18H30N4O4. The third-order valence-corrected chi connectivity index (χ3v) is 2.64. The van der Waals surface area contributed by atoms with Crippen LogP contribution in [0.5, 0.6) is 0 Å². The molecule has 2 rings (SSSR count). The molecule has 8 heteroatoms. The minimum atomic E-state index is -0.995. The molecule has 0 aliphatic carbocycles. The highest BCUT2D eigenvalue weighted by molar-refractivity contribution is 5.63. The van der Waals surface area contributed by atoms with Crippen molar-refractivity contribution in [3.05, 3.63) is 50.1 Å². The normalized spacial score (nSPS) is 8.65. The molecule has 0 atom stereocenters. The summed E-state index contributed by atoms with van der Waals surface area (Å²) in [6.45, 7) is 7.60. The molecule has 26 heavy (non-hydrogen) atoms. The van der Waals surface area contributed by atoms with Gasteiger partial charge in [0.1, 0.15) is 31.3 Å². The highest BCUT2D eigenvalue weighted by Crippen LogP contribution is 1.81. The van der Waals surface area contributed by atoms with Gasteiger partial charge in [-0.1, -0.05) is 26.5 Å². The molecule has 0 saturated heterocycles. The molecule has 2 heterocycles. The lowest BCUT2D eigenvalue weighted by atomic mass is 10.5. The summed E-state index contributed by atoms with van der Waals surface area (Å²) in [5, 5.41) is 18.5. The van der Waals surface area contributed by atoms with Crippen LogP contribution in [-0.2, 0) is 37.3 Å². The number of rotatable bonds is 4. The van der Waals surface area contributed by atoms with Gasteiger partial charge in [-0.2, -0.15) is 0 Å². The Labute approximate surface area is 155 Å². The highest BCUT2D eigenvalue weighted by Gasteiger charge is 1.93. The molecule has 0 spiro atoms. The molecule has 0 unspecified atom stereocenters. The van der Waals surface area contributed by atoms with E-state index in [1.54, 1.807) is 0 Å². The van der Waals surface area contributed by atoms with Crippen LogP contribution in [0.25, 0.3) is 0 Å². The van der Waals surface area contributed by atoms with Gasteiger partial charge in [0.25, 0.3) is 0 Å². The molecular weight excluding hydrogens is 336 g/mol. The maximum absolute atomic E-state index is 9.26. The largest absolute Gasteiger partial charge is 0.550 e. The summed E-state index contributed by atoms with van der Waals surface area (Å²) in [5.41, 5.74) is 0. The van der Waals surface area contributed by atoms with Gasteiger partial charge in [-0.3, -0.25) is 0 Å². The lowest BCUT2D eigenvalue weighted by Crippen LogP contribution is -2.23. The second kappa shape index (κ2) is 15.6. The van der Waals surface area contributed by atoms with Crippen LogP contribution < -0.4 is 19.3 Å². The fourth-order valence-corrected chi connectivity index (χ4v) is 1.33. The van der Waals surface area contributed by atoms with Crippen molar-refractivity contribution in [2.75, 3.05) is 0 Å². The van der Waals surface area contributed by atoms with Crippen molar-refractivity contribution in [1.29, 1.82) is 0 Å². The van der Waals surface area contributed by atoms with E-state index in [1.165, 1.54) is 13.8 Å². The van der Waals surface area contributed by atoms with Gasteiger partial charge >= 0.3 is 0 Å². The predicted octanol–water partition coefficient (Wildman–Crippen LogP) is -1.36. The Bertz CT molecular complexity index is 617. The maximum Gasteiger partial charge on any atom is 0.243 e. The van der Waals surface area contributed by atoms with Gasteiger partial charge in [0, 0.05) is 11.9 Å². The van der Waals surface area contributed by atoms with Gasteiger partial charge < -0.3 is 19.8 Å². The van der Waals surface area contributed by atoms with Crippen molar-refractivity contribution in [3.63, 3.8) is 0 Å². The zero-order chi connectivity index (χ0) is 20.5. The topological polar surface area (TPSA) is 97.9 Å². The number of carbonyl (C=O) groups is 2. The second-order valence-electron chi connectivity index (χ2n) is 5.26. The van der Waals surface area contributed by atoms with Gasteiger partial charge in [0.15, 0.2) is 0 Å². The molecule has 0 aliphatic heterocycles. The first-order chi connectivity index (χ1) is 12.2. The molecule has 146 valence electrons. The lowest BCUT2D eigenvalue weighted by molar-refractivity contribution is -0.671. The molecule has 2 aromatic rings. The van der Waals surface area contributed by atoms with Crippen LogP contribution in [0, 0.1) is 0 Å². The molecule has 0 fully saturated rings. The van der Waals surface area contributed by atoms with Crippen LogP contribution in [0.3, 0.4) is 0 Å². The zero-order valence-electron chi connectivity index (χ0n) is 16.3. The monoisotopic (exact) mass is 366 g/mol. The van der Waals surface area contributed by atoms with Gasteiger partial charge in [-0.05, 0) is 12.8 Å². The van der Waals surface area contributed by atoms with Crippen LogP contribution in [0.1, 0.15) is 26.7 Å². The molecule has 0 N–H and O–H groups in total.